The number of likely N-dealkylation sites (tertiary alicyclic amines) is 1. The zero-order valence-electron chi connectivity index (χ0n) is 13.2. The summed E-state index contributed by atoms with van der Waals surface area (Å²) in [5.41, 5.74) is 0.628. The van der Waals surface area contributed by atoms with Crippen molar-refractivity contribution in [3.8, 4) is 6.07 Å². The van der Waals surface area contributed by atoms with Gasteiger partial charge in [0.25, 0.3) is 0 Å². The van der Waals surface area contributed by atoms with Crippen LogP contribution < -0.4 is 5.32 Å². The van der Waals surface area contributed by atoms with Crippen molar-refractivity contribution in [3.63, 3.8) is 0 Å². The number of amides is 2. The normalized spacial score (nSPS) is 17.3. The second kappa shape index (κ2) is 7.13. The number of rotatable bonds is 3. The molecule has 1 N–H and O–H groups in total. The van der Waals surface area contributed by atoms with Gasteiger partial charge in [-0.3, -0.25) is 4.68 Å². The first kappa shape index (κ1) is 16.0. The molecule has 1 unspecified atom stereocenters. The van der Waals surface area contributed by atoms with E-state index in [4.69, 9.17) is 5.26 Å². The lowest BCUT2D eigenvalue weighted by molar-refractivity contribution is 0.163. The van der Waals surface area contributed by atoms with Crippen LogP contribution in [0.1, 0.15) is 30.0 Å². The number of piperidine rings is 1. The second-order valence-electron chi connectivity index (χ2n) is 5.80. The molecule has 124 valence electrons. The first-order valence-corrected chi connectivity index (χ1v) is 7.88. The summed E-state index contributed by atoms with van der Waals surface area (Å²) in [4.78, 5) is 14.1. The van der Waals surface area contributed by atoms with Crippen molar-refractivity contribution in [1.82, 2.24) is 20.0 Å². The molecule has 1 saturated heterocycles. The van der Waals surface area contributed by atoms with Gasteiger partial charge >= 0.3 is 6.03 Å². The van der Waals surface area contributed by atoms with Gasteiger partial charge in [0, 0.05) is 37.6 Å². The minimum absolute atomic E-state index is 0.0965. The molecule has 0 spiro atoms. The molecule has 0 radical (unpaired) electrons. The summed E-state index contributed by atoms with van der Waals surface area (Å²) < 4.78 is 15.7. The Bertz CT molecular complexity index is 753. The Morgan fingerprint density at radius 2 is 2.38 bits per heavy atom. The first-order chi connectivity index (χ1) is 11.7. The topological polar surface area (TPSA) is 74.0 Å². The molecule has 24 heavy (non-hydrogen) atoms. The monoisotopic (exact) mass is 327 g/mol. The number of hydrogen-bond donors (Lipinski definition) is 1. The predicted molar refractivity (Wildman–Crippen MR) is 85.4 cm³/mol. The molecule has 7 heteroatoms. The molecule has 1 atom stereocenters. The Morgan fingerprint density at radius 1 is 1.50 bits per heavy atom. The Morgan fingerprint density at radius 3 is 3.08 bits per heavy atom. The van der Waals surface area contributed by atoms with Crippen LogP contribution >= 0.6 is 0 Å². The van der Waals surface area contributed by atoms with Crippen molar-refractivity contribution < 1.29 is 9.18 Å². The van der Waals surface area contributed by atoms with Crippen molar-refractivity contribution in [2.24, 2.45) is 0 Å². The molecule has 1 aliphatic rings. The van der Waals surface area contributed by atoms with E-state index < -0.39 is 5.82 Å². The van der Waals surface area contributed by atoms with E-state index in [2.05, 4.69) is 10.4 Å². The average molecular weight is 327 g/mol. The Balaban J connectivity index is 1.58. The highest BCUT2D eigenvalue weighted by atomic mass is 19.1. The molecular formula is C17H18FN5O. The summed E-state index contributed by atoms with van der Waals surface area (Å²) in [5, 5.41) is 15.7. The molecule has 1 fully saturated rings. The molecule has 1 aromatic carbocycles. The minimum atomic E-state index is -0.484. The van der Waals surface area contributed by atoms with Gasteiger partial charge in [-0.25, -0.2) is 9.18 Å². The number of halogens is 1. The largest absolute Gasteiger partial charge is 0.334 e. The Hall–Kier alpha value is -2.88. The van der Waals surface area contributed by atoms with Crippen molar-refractivity contribution in [2.45, 2.75) is 25.4 Å². The maximum atomic E-state index is 13.9. The smallest absolute Gasteiger partial charge is 0.317 e. The molecular weight excluding hydrogens is 309 g/mol. The van der Waals surface area contributed by atoms with Crippen molar-refractivity contribution in [1.29, 1.82) is 5.26 Å². The summed E-state index contributed by atoms with van der Waals surface area (Å²) in [7, 11) is 0. The highest BCUT2D eigenvalue weighted by Crippen LogP contribution is 2.20. The van der Waals surface area contributed by atoms with Gasteiger partial charge in [0.2, 0.25) is 0 Å². The van der Waals surface area contributed by atoms with Crippen molar-refractivity contribution in [2.75, 3.05) is 13.1 Å². The van der Waals surface area contributed by atoms with Crippen molar-refractivity contribution >= 4 is 6.03 Å². The minimum Gasteiger partial charge on any atom is -0.334 e. The third-order valence-electron chi connectivity index (χ3n) is 4.19. The maximum Gasteiger partial charge on any atom is 0.317 e. The van der Waals surface area contributed by atoms with Crippen molar-refractivity contribution in [3.05, 3.63) is 53.6 Å². The van der Waals surface area contributed by atoms with E-state index in [1.54, 1.807) is 17.2 Å². The van der Waals surface area contributed by atoms with Gasteiger partial charge in [-0.05, 0) is 31.0 Å². The number of benzene rings is 1. The van der Waals surface area contributed by atoms with E-state index in [9.17, 15) is 9.18 Å². The van der Waals surface area contributed by atoms with Crippen LogP contribution in [0.5, 0.6) is 0 Å². The van der Waals surface area contributed by atoms with Gasteiger partial charge in [0.15, 0.2) is 0 Å². The van der Waals surface area contributed by atoms with Crippen LogP contribution in [0.3, 0.4) is 0 Å². The van der Waals surface area contributed by atoms with Crippen LogP contribution in [0.2, 0.25) is 0 Å². The molecule has 1 aliphatic heterocycles. The zero-order chi connectivity index (χ0) is 16.9. The van der Waals surface area contributed by atoms with Gasteiger partial charge < -0.3 is 10.2 Å². The summed E-state index contributed by atoms with van der Waals surface area (Å²) in [6, 6.07) is 7.96. The molecule has 1 aromatic heterocycles. The number of carbonyl (C=O) groups excluding carboxylic acids is 1. The molecule has 0 bridgehead atoms. The van der Waals surface area contributed by atoms with E-state index in [0.717, 1.165) is 12.8 Å². The zero-order valence-corrected chi connectivity index (χ0v) is 13.2. The predicted octanol–water partition coefficient (Wildman–Crippen LogP) is 2.44. The number of nitrogens with one attached hydrogen (secondary N) is 1. The van der Waals surface area contributed by atoms with Gasteiger partial charge in [0.05, 0.1) is 17.7 Å². The summed E-state index contributed by atoms with van der Waals surface area (Å²) >= 11 is 0. The van der Waals surface area contributed by atoms with Gasteiger partial charge in [-0.2, -0.15) is 10.4 Å². The Kier molecular flexibility index (Phi) is 4.75. The molecule has 2 heterocycles. The molecule has 2 amide bonds. The quantitative estimate of drug-likeness (QED) is 0.941. The first-order valence-electron chi connectivity index (χ1n) is 7.88. The number of aromatic nitrogens is 2. The van der Waals surface area contributed by atoms with Gasteiger partial charge in [-0.1, -0.05) is 6.07 Å². The molecule has 6 nitrogen and oxygen atoms in total. The van der Waals surface area contributed by atoms with E-state index >= 15 is 0 Å². The fourth-order valence-electron chi connectivity index (χ4n) is 2.89. The van der Waals surface area contributed by atoms with Crippen LogP contribution in [-0.2, 0) is 6.54 Å². The summed E-state index contributed by atoms with van der Waals surface area (Å²) in [6.07, 6.45) is 5.52. The summed E-state index contributed by atoms with van der Waals surface area (Å²) in [6.45, 7) is 1.36. The van der Waals surface area contributed by atoms with Crippen LogP contribution in [0, 0.1) is 17.1 Å². The fraction of sp³-hybridized carbons (Fsp3) is 0.353. The van der Waals surface area contributed by atoms with Crippen LogP contribution in [0.4, 0.5) is 9.18 Å². The molecule has 3 rings (SSSR count). The molecule has 0 aliphatic carbocycles. The number of urea groups is 1. The number of carbonyl (C=O) groups is 1. The van der Waals surface area contributed by atoms with Crippen LogP contribution in [0.25, 0.3) is 0 Å². The lowest BCUT2D eigenvalue weighted by Crippen LogP contribution is -2.45. The standard InChI is InChI=1S/C17H18FN5O/c18-16-9-13(10-19)4-5-14(16)11-20-17(24)22-7-1-3-15(12-22)23-8-2-6-21-23/h2,4-6,8-9,15H,1,3,7,11-12H2,(H,20,24). The molecule has 0 saturated carbocycles. The summed E-state index contributed by atoms with van der Waals surface area (Å²) in [5.74, 6) is -0.484. The maximum absolute atomic E-state index is 13.9. The number of nitriles is 1. The number of hydrogen-bond acceptors (Lipinski definition) is 3. The Labute approximate surface area is 139 Å². The lowest BCUT2D eigenvalue weighted by Gasteiger charge is -2.32. The highest BCUT2D eigenvalue weighted by Gasteiger charge is 2.24. The van der Waals surface area contributed by atoms with Gasteiger partial charge in [-0.15, -0.1) is 0 Å². The van der Waals surface area contributed by atoms with Crippen LogP contribution in [0.15, 0.2) is 36.7 Å². The van der Waals surface area contributed by atoms with E-state index in [-0.39, 0.29) is 24.2 Å². The third kappa shape index (κ3) is 3.54. The average Bonchev–Trinajstić information content (AvgIpc) is 3.15. The van der Waals surface area contributed by atoms with E-state index in [1.807, 2.05) is 23.0 Å². The van der Waals surface area contributed by atoms with E-state index in [0.29, 0.717) is 18.7 Å². The third-order valence-corrected chi connectivity index (χ3v) is 4.19. The highest BCUT2D eigenvalue weighted by molar-refractivity contribution is 5.74. The van der Waals surface area contributed by atoms with Gasteiger partial charge in [0.1, 0.15) is 5.82 Å². The number of nitrogens with zero attached hydrogens (tertiary/aromatic N) is 4. The fourth-order valence-corrected chi connectivity index (χ4v) is 2.89. The SMILES string of the molecule is N#Cc1ccc(CNC(=O)N2CCCC(n3cccn3)C2)c(F)c1. The second-order valence-corrected chi connectivity index (χ2v) is 5.80. The molecule has 2 aromatic rings. The lowest BCUT2D eigenvalue weighted by atomic mass is 10.1. The van der Waals surface area contributed by atoms with Crippen LogP contribution in [-0.4, -0.2) is 33.8 Å². The van der Waals surface area contributed by atoms with E-state index in [1.165, 1.54) is 12.1 Å².